The van der Waals surface area contributed by atoms with Gasteiger partial charge in [-0.25, -0.2) is 0 Å². The Balaban J connectivity index is 0.831. The summed E-state index contributed by atoms with van der Waals surface area (Å²) in [5.41, 5.74) is 0.727. The number of hydrogen-bond donors (Lipinski definition) is 1. The molecule has 0 radical (unpaired) electrons. The lowest BCUT2D eigenvalue weighted by atomic mass is 9.44. The molecule has 0 aromatic rings. The maximum atomic E-state index is 13.2. The minimum absolute atomic E-state index is 0.00575. The van der Waals surface area contributed by atoms with E-state index in [2.05, 4.69) is 49.9 Å². The third kappa shape index (κ3) is 5.69. The van der Waals surface area contributed by atoms with Crippen LogP contribution < -0.4 is 5.32 Å². The molecule has 8 aliphatic rings. The average Bonchev–Trinajstić information content (AvgIpc) is 3.52. The van der Waals surface area contributed by atoms with Gasteiger partial charge >= 0.3 is 0 Å². The lowest BCUT2D eigenvalue weighted by Gasteiger charge is -2.61. The molecular formula is C40H66N4O4. The van der Waals surface area contributed by atoms with Gasteiger partial charge in [-0.3, -0.25) is 14.5 Å². The summed E-state index contributed by atoms with van der Waals surface area (Å²) in [5, 5.41) is 3.35. The van der Waals surface area contributed by atoms with E-state index in [-0.39, 0.29) is 30.1 Å². The molecule has 48 heavy (non-hydrogen) atoms. The van der Waals surface area contributed by atoms with Gasteiger partial charge in [-0.1, -0.05) is 27.7 Å². The largest absolute Gasteiger partial charge is 0.353 e. The fraction of sp³-hybridized carbons (Fsp3) is 0.950. The fourth-order valence-corrected chi connectivity index (χ4v) is 13.6. The van der Waals surface area contributed by atoms with Crippen LogP contribution in [0.25, 0.3) is 0 Å². The lowest BCUT2D eigenvalue weighted by molar-refractivity contribution is -0.273. The number of carbonyl (C=O) groups excluding carboxylic acids is 2. The Hall–Kier alpha value is -1.22. The first-order valence-corrected chi connectivity index (χ1v) is 20.3. The van der Waals surface area contributed by atoms with Crippen molar-refractivity contribution >= 4 is 11.8 Å². The maximum Gasteiger partial charge on any atom is 0.232 e. The summed E-state index contributed by atoms with van der Waals surface area (Å²) < 4.78 is 13.5. The number of likely N-dealkylation sites (tertiary alicyclic amines) is 1. The van der Waals surface area contributed by atoms with Gasteiger partial charge in [0.2, 0.25) is 11.8 Å². The number of ether oxygens (including phenoxy) is 2. The Morgan fingerprint density at radius 1 is 0.812 bits per heavy atom. The van der Waals surface area contributed by atoms with Gasteiger partial charge in [0, 0.05) is 50.6 Å². The summed E-state index contributed by atoms with van der Waals surface area (Å²) in [5.74, 6) is 4.40. The molecule has 8 rings (SSSR count). The highest BCUT2D eigenvalue weighted by Crippen LogP contribution is 2.71. The highest BCUT2D eigenvalue weighted by molar-refractivity contribution is 5.97. The molecule has 12 atom stereocenters. The van der Waals surface area contributed by atoms with E-state index in [0.29, 0.717) is 46.6 Å². The number of nitrogens with zero attached hydrogens (tertiary/aromatic N) is 3. The van der Waals surface area contributed by atoms with Crippen LogP contribution in [0.15, 0.2) is 0 Å². The topological polar surface area (TPSA) is 74.3 Å². The van der Waals surface area contributed by atoms with Gasteiger partial charge in [-0.15, -0.1) is 0 Å². The van der Waals surface area contributed by atoms with E-state index in [9.17, 15) is 9.59 Å². The van der Waals surface area contributed by atoms with Crippen LogP contribution in [0.3, 0.4) is 0 Å². The summed E-state index contributed by atoms with van der Waals surface area (Å²) in [7, 11) is 2.20. The van der Waals surface area contributed by atoms with Crippen molar-refractivity contribution in [1.82, 2.24) is 20.0 Å². The standard InChI is InChI=1S/C40H66N4O4/c1-26-8-15-40(47-25-26)27(2)37-34(48-40)23-33-31-7-6-28-22-29(9-13-38(28,3)32(31)10-14-39(33,37)4)41-35(45)24-36(46)44-20-18-43(19-21-44)30-11-16-42(5)17-12-30/h26-34,37H,6-25H2,1-5H3,(H,41,45)/t26-,27+,28-,29-,31-,32?,33+,34+,37+,38+,39+,40-/m1/s1. The van der Waals surface area contributed by atoms with Gasteiger partial charge in [-0.2, -0.15) is 0 Å². The van der Waals surface area contributed by atoms with Crippen molar-refractivity contribution in [3.05, 3.63) is 0 Å². The van der Waals surface area contributed by atoms with Crippen molar-refractivity contribution in [3.63, 3.8) is 0 Å². The molecule has 4 aliphatic heterocycles. The summed E-state index contributed by atoms with van der Waals surface area (Å²) in [6, 6.07) is 0.861. The molecule has 4 saturated heterocycles. The molecule has 8 fully saturated rings. The van der Waals surface area contributed by atoms with Gasteiger partial charge < -0.3 is 24.6 Å². The molecule has 1 N–H and O–H groups in total. The van der Waals surface area contributed by atoms with Gasteiger partial charge in [0.15, 0.2) is 5.79 Å². The average molecular weight is 667 g/mol. The normalized spacial score (nSPS) is 48.4. The summed E-state index contributed by atoms with van der Waals surface area (Å²) in [6.45, 7) is 16.6. The van der Waals surface area contributed by atoms with E-state index in [1.165, 1.54) is 57.8 Å². The molecule has 0 bridgehead atoms. The van der Waals surface area contributed by atoms with Crippen molar-refractivity contribution in [2.24, 2.45) is 52.3 Å². The van der Waals surface area contributed by atoms with Crippen molar-refractivity contribution < 1.29 is 19.1 Å². The molecule has 4 saturated carbocycles. The van der Waals surface area contributed by atoms with Crippen molar-refractivity contribution in [2.75, 3.05) is 52.9 Å². The molecule has 8 nitrogen and oxygen atoms in total. The van der Waals surface area contributed by atoms with E-state index in [4.69, 9.17) is 9.47 Å². The fourth-order valence-electron chi connectivity index (χ4n) is 13.6. The number of amides is 2. The second kappa shape index (κ2) is 12.8. The smallest absolute Gasteiger partial charge is 0.232 e. The number of nitrogens with one attached hydrogen (secondary N) is 1. The Morgan fingerprint density at radius 3 is 2.29 bits per heavy atom. The van der Waals surface area contributed by atoms with Crippen LogP contribution >= 0.6 is 0 Å². The molecule has 2 amide bonds. The van der Waals surface area contributed by atoms with E-state index in [1.807, 2.05) is 4.90 Å². The zero-order chi connectivity index (χ0) is 33.4. The minimum Gasteiger partial charge on any atom is -0.353 e. The first kappa shape index (κ1) is 33.9. The van der Waals surface area contributed by atoms with Crippen LogP contribution in [0.4, 0.5) is 0 Å². The SMILES string of the molecule is C[C@@H]1CC[C@@]2(OC1)O[C@H]1C[C@H]3[C@@H]4CC[C@@H]5C[C@H](NC(=O)CC(=O)N6CCN(C7CCN(C)CC7)CC6)CC[C@]5(C)C4CC[C@]3(C)[C@H]1[C@@H]2C. The monoisotopic (exact) mass is 667 g/mol. The Labute approximate surface area is 290 Å². The summed E-state index contributed by atoms with van der Waals surface area (Å²) >= 11 is 0. The van der Waals surface area contributed by atoms with Crippen molar-refractivity contribution in [3.8, 4) is 0 Å². The number of piperidine rings is 1. The molecule has 1 spiro atoms. The third-order valence-corrected chi connectivity index (χ3v) is 16.5. The van der Waals surface area contributed by atoms with Crippen LogP contribution in [0.1, 0.15) is 111 Å². The van der Waals surface area contributed by atoms with Gasteiger partial charge in [0.1, 0.15) is 6.42 Å². The van der Waals surface area contributed by atoms with E-state index in [0.717, 1.165) is 82.9 Å². The van der Waals surface area contributed by atoms with Gasteiger partial charge in [-0.05, 0) is 137 Å². The van der Waals surface area contributed by atoms with Crippen LogP contribution in [0.2, 0.25) is 0 Å². The number of carbonyl (C=O) groups is 2. The first-order chi connectivity index (χ1) is 23.0. The summed E-state index contributed by atoms with van der Waals surface area (Å²) in [6.07, 6.45) is 15.0. The molecule has 4 heterocycles. The van der Waals surface area contributed by atoms with E-state index in [1.54, 1.807) is 0 Å². The highest BCUT2D eigenvalue weighted by Gasteiger charge is 2.69. The molecule has 0 aromatic carbocycles. The zero-order valence-electron chi connectivity index (χ0n) is 30.9. The van der Waals surface area contributed by atoms with Crippen LogP contribution in [-0.4, -0.2) is 103 Å². The highest BCUT2D eigenvalue weighted by atomic mass is 16.7. The Bertz CT molecular complexity index is 1210. The predicted octanol–water partition coefficient (Wildman–Crippen LogP) is 5.55. The summed E-state index contributed by atoms with van der Waals surface area (Å²) in [4.78, 5) is 33.3. The number of rotatable bonds is 4. The predicted molar refractivity (Wildman–Crippen MR) is 187 cm³/mol. The Kier molecular flexibility index (Phi) is 9.02. The molecule has 4 aliphatic carbocycles. The first-order valence-electron chi connectivity index (χ1n) is 20.3. The van der Waals surface area contributed by atoms with Crippen molar-refractivity contribution in [1.29, 1.82) is 0 Å². The maximum absolute atomic E-state index is 13.2. The quantitative estimate of drug-likeness (QED) is 0.397. The molecule has 270 valence electrons. The van der Waals surface area contributed by atoms with Gasteiger partial charge in [0.25, 0.3) is 0 Å². The van der Waals surface area contributed by atoms with Crippen LogP contribution in [0, 0.1) is 52.3 Å². The second-order valence-corrected chi connectivity index (χ2v) is 18.8. The number of hydrogen-bond acceptors (Lipinski definition) is 6. The minimum atomic E-state index is -0.328. The van der Waals surface area contributed by atoms with Crippen LogP contribution in [-0.2, 0) is 19.1 Å². The lowest BCUT2D eigenvalue weighted by Crippen LogP contribution is -2.56. The Morgan fingerprint density at radius 2 is 1.56 bits per heavy atom. The third-order valence-electron chi connectivity index (χ3n) is 16.5. The molecule has 0 aromatic heterocycles. The zero-order valence-corrected chi connectivity index (χ0v) is 30.9. The van der Waals surface area contributed by atoms with E-state index >= 15 is 0 Å². The van der Waals surface area contributed by atoms with E-state index < -0.39 is 0 Å². The molecule has 1 unspecified atom stereocenters. The van der Waals surface area contributed by atoms with Crippen LogP contribution in [0.5, 0.6) is 0 Å². The number of piperazine rings is 1. The molecular weight excluding hydrogens is 600 g/mol. The number of fused-ring (bicyclic) bond motifs is 7. The molecule has 8 heteroatoms. The van der Waals surface area contributed by atoms with Gasteiger partial charge in [0.05, 0.1) is 12.7 Å². The second-order valence-electron chi connectivity index (χ2n) is 18.8. The van der Waals surface area contributed by atoms with Crippen molar-refractivity contribution in [2.45, 2.75) is 135 Å².